The van der Waals surface area contributed by atoms with Gasteiger partial charge in [-0.1, -0.05) is 18.5 Å². The van der Waals surface area contributed by atoms with Crippen molar-refractivity contribution >= 4 is 27.4 Å². The summed E-state index contributed by atoms with van der Waals surface area (Å²) in [5, 5.41) is 5.29. The second-order valence-electron chi connectivity index (χ2n) is 6.74. The second-order valence-corrected chi connectivity index (χ2v) is 7.98. The summed E-state index contributed by atoms with van der Waals surface area (Å²) >= 11 is 1.73. The van der Waals surface area contributed by atoms with Gasteiger partial charge in [0.2, 0.25) is 5.89 Å². The molecule has 4 rings (SSSR count). The van der Waals surface area contributed by atoms with Crippen LogP contribution < -0.4 is 4.90 Å². The van der Waals surface area contributed by atoms with E-state index in [2.05, 4.69) is 49.8 Å². The number of nitrogens with zero attached hydrogens (tertiary/aromatic N) is 6. The molecular formula is C18H24N6OS. The van der Waals surface area contributed by atoms with Crippen LogP contribution in [0.15, 0.2) is 16.9 Å². The molecule has 138 valence electrons. The van der Waals surface area contributed by atoms with Crippen molar-refractivity contribution in [2.45, 2.75) is 39.7 Å². The van der Waals surface area contributed by atoms with Gasteiger partial charge < -0.3 is 9.42 Å². The van der Waals surface area contributed by atoms with Crippen molar-refractivity contribution in [3.8, 4) is 0 Å². The fourth-order valence-corrected chi connectivity index (χ4v) is 4.16. The smallest absolute Gasteiger partial charge is 0.226 e. The minimum absolute atomic E-state index is 0.750. The third kappa shape index (κ3) is 3.71. The highest BCUT2D eigenvalue weighted by Gasteiger charge is 2.22. The first-order valence-electron chi connectivity index (χ1n) is 9.23. The summed E-state index contributed by atoms with van der Waals surface area (Å²) in [6.45, 7) is 8.86. The predicted molar refractivity (Wildman–Crippen MR) is 103 cm³/mol. The quantitative estimate of drug-likeness (QED) is 0.658. The van der Waals surface area contributed by atoms with Crippen LogP contribution in [0.25, 0.3) is 10.2 Å². The van der Waals surface area contributed by atoms with Gasteiger partial charge in [-0.25, -0.2) is 9.97 Å². The van der Waals surface area contributed by atoms with Gasteiger partial charge >= 0.3 is 0 Å². The van der Waals surface area contributed by atoms with Gasteiger partial charge in [0.1, 0.15) is 17.0 Å². The molecule has 1 saturated heterocycles. The molecule has 1 fully saturated rings. The molecule has 0 atom stereocenters. The van der Waals surface area contributed by atoms with Crippen LogP contribution in [0.4, 0.5) is 5.82 Å². The summed E-state index contributed by atoms with van der Waals surface area (Å²) in [7, 11) is 0. The molecule has 0 N–H and O–H groups in total. The largest absolute Gasteiger partial charge is 0.353 e. The van der Waals surface area contributed by atoms with E-state index >= 15 is 0 Å². The third-order valence-electron chi connectivity index (χ3n) is 4.72. The molecule has 0 amide bonds. The van der Waals surface area contributed by atoms with Gasteiger partial charge in [-0.3, -0.25) is 4.90 Å². The van der Waals surface area contributed by atoms with E-state index in [1.165, 1.54) is 10.3 Å². The number of unbranched alkanes of at least 4 members (excludes halogenated alkanes) is 1. The number of hydrogen-bond acceptors (Lipinski definition) is 8. The summed E-state index contributed by atoms with van der Waals surface area (Å²) in [6.07, 6.45) is 4.79. The van der Waals surface area contributed by atoms with Gasteiger partial charge in [-0.05, 0) is 19.4 Å². The Morgan fingerprint density at radius 3 is 2.85 bits per heavy atom. The van der Waals surface area contributed by atoms with Gasteiger partial charge in [-0.2, -0.15) is 4.98 Å². The average Bonchev–Trinajstić information content (AvgIpc) is 3.25. The number of anilines is 1. The molecule has 26 heavy (non-hydrogen) atoms. The molecule has 0 spiro atoms. The van der Waals surface area contributed by atoms with Crippen LogP contribution >= 0.6 is 11.3 Å². The topological polar surface area (TPSA) is 71.2 Å². The van der Waals surface area contributed by atoms with E-state index in [0.717, 1.165) is 74.3 Å². The maximum absolute atomic E-state index is 5.34. The Balaban J connectivity index is 1.37. The van der Waals surface area contributed by atoms with Gasteiger partial charge in [-0.15, -0.1) is 11.3 Å². The maximum Gasteiger partial charge on any atom is 0.226 e. The lowest BCUT2D eigenvalue weighted by molar-refractivity contribution is 0.239. The number of hydrogen-bond donors (Lipinski definition) is 0. The van der Waals surface area contributed by atoms with Crippen molar-refractivity contribution in [2.24, 2.45) is 0 Å². The number of fused-ring (bicyclic) bond motifs is 1. The summed E-state index contributed by atoms with van der Waals surface area (Å²) in [5.41, 5.74) is 0. The monoisotopic (exact) mass is 372 g/mol. The van der Waals surface area contributed by atoms with Crippen molar-refractivity contribution in [3.63, 3.8) is 0 Å². The van der Waals surface area contributed by atoms with Crippen molar-refractivity contribution < 1.29 is 4.52 Å². The van der Waals surface area contributed by atoms with E-state index in [1.807, 2.05) is 0 Å². The summed E-state index contributed by atoms with van der Waals surface area (Å²) in [6, 6.07) is 2.19. The highest BCUT2D eigenvalue weighted by atomic mass is 32.1. The first-order chi connectivity index (χ1) is 12.7. The summed E-state index contributed by atoms with van der Waals surface area (Å²) in [5.74, 6) is 2.61. The fraction of sp³-hybridized carbons (Fsp3) is 0.556. The molecule has 0 aliphatic carbocycles. The van der Waals surface area contributed by atoms with Crippen LogP contribution in [0, 0.1) is 6.92 Å². The van der Waals surface area contributed by atoms with Gasteiger partial charge in [0.15, 0.2) is 5.82 Å². The number of aromatic nitrogens is 4. The highest BCUT2D eigenvalue weighted by Crippen LogP contribution is 2.30. The van der Waals surface area contributed by atoms with E-state index in [9.17, 15) is 0 Å². The predicted octanol–water partition coefficient (Wildman–Crippen LogP) is 3.05. The molecule has 1 aliphatic rings. The molecule has 1 aliphatic heterocycles. The Morgan fingerprint density at radius 1 is 1.19 bits per heavy atom. The first kappa shape index (κ1) is 17.4. The Bertz CT molecular complexity index is 868. The normalized spacial score (nSPS) is 15.8. The van der Waals surface area contributed by atoms with Crippen LogP contribution in [0.5, 0.6) is 0 Å². The zero-order valence-corrected chi connectivity index (χ0v) is 16.1. The Morgan fingerprint density at radius 2 is 2.04 bits per heavy atom. The van der Waals surface area contributed by atoms with E-state index in [1.54, 1.807) is 17.7 Å². The lowest BCUT2D eigenvalue weighted by Gasteiger charge is -2.34. The zero-order chi connectivity index (χ0) is 17.9. The van der Waals surface area contributed by atoms with Crippen LogP contribution in [-0.4, -0.2) is 51.2 Å². The standard InChI is InChI=1S/C18H24N6OS/c1-3-4-5-16-21-15(22-25-16)11-23-6-8-24(9-7-23)17-14-10-13(2)26-18(14)20-12-19-17/h10,12H,3-9,11H2,1-2H3. The highest BCUT2D eigenvalue weighted by molar-refractivity contribution is 7.18. The molecule has 0 bridgehead atoms. The number of piperazine rings is 1. The first-order valence-corrected chi connectivity index (χ1v) is 10.0. The average molecular weight is 372 g/mol. The lowest BCUT2D eigenvalue weighted by atomic mass is 10.2. The molecule has 3 aromatic rings. The number of thiophene rings is 1. The van der Waals surface area contributed by atoms with Crippen LogP contribution in [0.3, 0.4) is 0 Å². The SMILES string of the molecule is CCCCc1nc(CN2CCN(c3ncnc4sc(C)cc34)CC2)no1. The molecule has 0 saturated carbocycles. The van der Waals surface area contributed by atoms with Crippen molar-refractivity contribution in [3.05, 3.63) is 29.0 Å². The Hall–Kier alpha value is -2.06. The molecule has 4 heterocycles. The summed E-state index contributed by atoms with van der Waals surface area (Å²) in [4.78, 5) is 20.5. The molecule has 0 aromatic carbocycles. The summed E-state index contributed by atoms with van der Waals surface area (Å²) < 4.78 is 5.34. The van der Waals surface area contributed by atoms with Crippen LogP contribution in [0.1, 0.15) is 36.4 Å². The lowest BCUT2D eigenvalue weighted by Crippen LogP contribution is -2.46. The number of rotatable bonds is 6. The minimum atomic E-state index is 0.750. The molecule has 0 unspecified atom stereocenters. The molecular weight excluding hydrogens is 348 g/mol. The van der Waals surface area contributed by atoms with Crippen molar-refractivity contribution in [2.75, 3.05) is 31.1 Å². The minimum Gasteiger partial charge on any atom is -0.353 e. The van der Waals surface area contributed by atoms with E-state index in [0.29, 0.717) is 0 Å². The van der Waals surface area contributed by atoms with Crippen molar-refractivity contribution in [1.29, 1.82) is 0 Å². The van der Waals surface area contributed by atoms with Gasteiger partial charge in [0.05, 0.1) is 11.9 Å². The maximum atomic E-state index is 5.34. The Labute approximate surface area is 157 Å². The van der Waals surface area contributed by atoms with Crippen molar-refractivity contribution in [1.82, 2.24) is 25.0 Å². The molecule has 7 nitrogen and oxygen atoms in total. The molecule has 8 heteroatoms. The number of aryl methyl sites for hydroxylation is 2. The molecule has 3 aromatic heterocycles. The zero-order valence-electron chi connectivity index (χ0n) is 15.3. The van der Waals surface area contributed by atoms with Crippen LogP contribution in [0.2, 0.25) is 0 Å². The molecule has 0 radical (unpaired) electrons. The van der Waals surface area contributed by atoms with E-state index in [-0.39, 0.29) is 0 Å². The van der Waals surface area contributed by atoms with Crippen LogP contribution in [-0.2, 0) is 13.0 Å². The third-order valence-corrected chi connectivity index (χ3v) is 5.68. The van der Waals surface area contributed by atoms with E-state index in [4.69, 9.17) is 4.52 Å². The van der Waals surface area contributed by atoms with Gasteiger partial charge in [0, 0.05) is 37.5 Å². The second kappa shape index (κ2) is 7.67. The fourth-order valence-electron chi connectivity index (χ4n) is 3.32. The van der Waals surface area contributed by atoms with Gasteiger partial charge in [0.25, 0.3) is 0 Å². The van der Waals surface area contributed by atoms with E-state index < -0.39 is 0 Å². The Kier molecular flexibility index (Phi) is 5.12.